The van der Waals surface area contributed by atoms with Gasteiger partial charge in [0, 0.05) is 48.0 Å². The van der Waals surface area contributed by atoms with Gasteiger partial charge >= 0.3 is 0 Å². The van der Waals surface area contributed by atoms with Crippen LogP contribution in [0.15, 0.2) is 12.4 Å². The fraction of sp³-hybridized carbons (Fsp3) is 0.571. The summed E-state index contributed by atoms with van der Waals surface area (Å²) in [5, 5.41) is 0. The van der Waals surface area contributed by atoms with E-state index in [4.69, 9.17) is 4.98 Å². The van der Waals surface area contributed by atoms with Crippen molar-refractivity contribution in [2.45, 2.75) is 60.8 Å². The maximum atomic E-state index is 4.85. The molecule has 0 saturated carbocycles. The first-order chi connectivity index (χ1) is 11.8. The molecule has 0 N–H and O–H groups in total. The molecule has 1 fully saturated rings. The third-order valence-electron chi connectivity index (χ3n) is 5.51. The Morgan fingerprint density at radius 2 is 1.60 bits per heavy atom. The molecule has 0 atom stereocenters. The van der Waals surface area contributed by atoms with E-state index in [9.17, 15) is 0 Å². The zero-order valence-electron chi connectivity index (χ0n) is 16.5. The molecular weight excluding hydrogens is 308 g/mol. The molecule has 0 unspecified atom stereocenters. The summed E-state index contributed by atoms with van der Waals surface area (Å²) in [5.74, 6) is 0.804. The normalized spacial score (nSPS) is 17.0. The van der Waals surface area contributed by atoms with E-state index in [0.29, 0.717) is 5.41 Å². The molecule has 0 radical (unpaired) electrons. The van der Waals surface area contributed by atoms with Crippen LogP contribution in [0.1, 0.15) is 56.4 Å². The summed E-state index contributed by atoms with van der Waals surface area (Å²) in [6, 6.07) is 0. The summed E-state index contributed by atoms with van der Waals surface area (Å²) in [5.41, 5.74) is 7.66. The largest absolute Gasteiger partial charge is 0.371 e. The Kier molecular flexibility index (Phi) is 4.81. The van der Waals surface area contributed by atoms with Gasteiger partial charge in [0.2, 0.25) is 0 Å². The van der Waals surface area contributed by atoms with Gasteiger partial charge in [-0.1, -0.05) is 20.8 Å². The van der Waals surface area contributed by atoms with E-state index in [1.807, 2.05) is 19.3 Å². The molecule has 2 aromatic rings. The molecule has 0 spiro atoms. The third kappa shape index (κ3) is 3.53. The Hall–Kier alpha value is -1.97. The first-order valence-corrected chi connectivity index (χ1v) is 9.36. The molecule has 3 rings (SSSR count). The van der Waals surface area contributed by atoms with Gasteiger partial charge in [0.05, 0.1) is 5.69 Å². The molecule has 134 valence electrons. The summed E-state index contributed by atoms with van der Waals surface area (Å²) in [6.07, 6.45) is 7.33. The summed E-state index contributed by atoms with van der Waals surface area (Å²) >= 11 is 0. The Labute approximate surface area is 151 Å². The number of piperidine rings is 1. The molecule has 0 aliphatic carbocycles. The second kappa shape index (κ2) is 6.74. The van der Waals surface area contributed by atoms with Crippen LogP contribution in [0.25, 0.3) is 11.1 Å². The van der Waals surface area contributed by atoms with Gasteiger partial charge in [0.25, 0.3) is 0 Å². The standard InChI is InChI=1S/C21H30N4/c1-7-18-14(2)24-15(3)19(17-12-22-16(4)23-13-17)20(18)25-10-8-21(5,6)9-11-25/h12-13H,7-11H2,1-6H3. The molecule has 1 aliphatic heterocycles. The van der Waals surface area contributed by atoms with Gasteiger partial charge in [0.1, 0.15) is 5.82 Å². The van der Waals surface area contributed by atoms with E-state index in [0.717, 1.165) is 42.3 Å². The minimum atomic E-state index is 0.438. The number of anilines is 1. The van der Waals surface area contributed by atoms with E-state index in [-0.39, 0.29) is 0 Å². The molecule has 25 heavy (non-hydrogen) atoms. The van der Waals surface area contributed by atoms with Crippen molar-refractivity contribution in [3.05, 3.63) is 35.2 Å². The monoisotopic (exact) mass is 338 g/mol. The lowest BCUT2D eigenvalue weighted by atomic mass is 9.82. The molecule has 0 aromatic carbocycles. The highest BCUT2D eigenvalue weighted by molar-refractivity contribution is 5.82. The van der Waals surface area contributed by atoms with Crippen molar-refractivity contribution in [2.24, 2.45) is 5.41 Å². The van der Waals surface area contributed by atoms with Crippen LogP contribution in [-0.4, -0.2) is 28.0 Å². The third-order valence-corrected chi connectivity index (χ3v) is 5.51. The lowest BCUT2D eigenvalue weighted by molar-refractivity contribution is 0.279. The fourth-order valence-electron chi connectivity index (χ4n) is 3.84. The van der Waals surface area contributed by atoms with Gasteiger partial charge in [-0.25, -0.2) is 9.97 Å². The van der Waals surface area contributed by atoms with E-state index >= 15 is 0 Å². The quantitative estimate of drug-likeness (QED) is 0.817. The van der Waals surface area contributed by atoms with Crippen LogP contribution in [-0.2, 0) is 6.42 Å². The van der Waals surface area contributed by atoms with Crippen molar-refractivity contribution >= 4 is 5.69 Å². The SMILES string of the molecule is CCc1c(C)nc(C)c(-c2cnc(C)nc2)c1N1CCC(C)(C)CC1. The molecule has 0 amide bonds. The predicted molar refractivity (Wildman–Crippen MR) is 104 cm³/mol. The Balaban J connectivity index is 2.15. The highest BCUT2D eigenvalue weighted by atomic mass is 15.1. The first-order valence-electron chi connectivity index (χ1n) is 9.36. The van der Waals surface area contributed by atoms with E-state index in [2.05, 4.69) is 49.5 Å². The molecule has 4 nitrogen and oxygen atoms in total. The fourth-order valence-corrected chi connectivity index (χ4v) is 3.84. The zero-order chi connectivity index (χ0) is 18.2. The Bertz CT molecular complexity index is 752. The second-order valence-electron chi connectivity index (χ2n) is 8.01. The van der Waals surface area contributed by atoms with Crippen LogP contribution in [0.3, 0.4) is 0 Å². The lowest BCUT2D eigenvalue weighted by Crippen LogP contribution is -2.38. The van der Waals surface area contributed by atoms with Gasteiger partial charge in [0.15, 0.2) is 0 Å². The molecule has 1 saturated heterocycles. The van der Waals surface area contributed by atoms with Crippen molar-refractivity contribution in [3.8, 4) is 11.1 Å². The van der Waals surface area contributed by atoms with Crippen LogP contribution in [0.4, 0.5) is 5.69 Å². The van der Waals surface area contributed by atoms with Gasteiger partial charge in [-0.3, -0.25) is 4.98 Å². The first kappa shape index (κ1) is 17.8. The van der Waals surface area contributed by atoms with Gasteiger partial charge in [-0.2, -0.15) is 0 Å². The Morgan fingerprint density at radius 3 is 2.16 bits per heavy atom. The second-order valence-corrected chi connectivity index (χ2v) is 8.01. The highest BCUT2D eigenvalue weighted by Gasteiger charge is 2.29. The van der Waals surface area contributed by atoms with Crippen molar-refractivity contribution < 1.29 is 0 Å². The van der Waals surface area contributed by atoms with Crippen LogP contribution >= 0.6 is 0 Å². The summed E-state index contributed by atoms with van der Waals surface area (Å²) in [6.45, 7) is 15.4. The van der Waals surface area contributed by atoms with Crippen LogP contribution in [0.2, 0.25) is 0 Å². The summed E-state index contributed by atoms with van der Waals surface area (Å²) in [4.78, 5) is 16.3. The number of aryl methyl sites for hydroxylation is 3. The number of hydrogen-bond acceptors (Lipinski definition) is 4. The van der Waals surface area contributed by atoms with Crippen LogP contribution < -0.4 is 4.90 Å². The number of hydrogen-bond donors (Lipinski definition) is 0. The molecule has 0 bridgehead atoms. The molecule has 4 heteroatoms. The topological polar surface area (TPSA) is 41.9 Å². The van der Waals surface area contributed by atoms with Gasteiger partial charge in [-0.15, -0.1) is 0 Å². The van der Waals surface area contributed by atoms with Crippen LogP contribution in [0, 0.1) is 26.2 Å². The summed E-state index contributed by atoms with van der Waals surface area (Å²) in [7, 11) is 0. The maximum Gasteiger partial charge on any atom is 0.125 e. The minimum Gasteiger partial charge on any atom is -0.371 e. The average molecular weight is 338 g/mol. The number of rotatable bonds is 3. The number of pyridine rings is 1. The van der Waals surface area contributed by atoms with Crippen LogP contribution in [0.5, 0.6) is 0 Å². The van der Waals surface area contributed by atoms with Crippen molar-refractivity contribution in [1.29, 1.82) is 0 Å². The van der Waals surface area contributed by atoms with Gasteiger partial charge in [-0.05, 0) is 51.0 Å². The Morgan fingerprint density at radius 1 is 1.00 bits per heavy atom. The highest BCUT2D eigenvalue weighted by Crippen LogP contribution is 2.40. The molecule has 1 aliphatic rings. The maximum absolute atomic E-state index is 4.85. The smallest absolute Gasteiger partial charge is 0.125 e. The van der Waals surface area contributed by atoms with Crippen molar-refractivity contribution in [3.63, 3.8) is 0 Å². The van der Waals surface area contributed by atoms with Gasteiger partial charge < -0.3 is 4.90 Å². The van der Waals surface area contributed by atoms with E-state index < -0.39 is 0 Å². The minimum absolute atomic E-state index is 0.438. The zero-order valence-corrected chi connectivity index (χ0v) is 16.5. The van der Waals surface area contributed by atoms with E-state index in [1.165, 1.54) is 29.7 Å². The molecule has 3 heterocycles. The molecule has 2 aromatic heterocycles. The van der Waals surface area contributed by atoms with Crippen molar-refractivity contribution in [2.75, 3.05) is 18.0 Å². The summed E-state index contributed by atoms with van der Waals surface area (Å²) < 4.78 is 0. The number of aromatic nitrogens is 3. The van der Waals surface area contributed by atoms with E-state index in [1.54, 1.807) is 0 Å². The number of nitrogens with zero attached hydrogens (tertiary/aromatic N) is 4. The molecular formula is C21H30N4. The lowest BCUT2D eigenvalue weighted by Gasteiger charge is -2.40. The predicted octanol–water partition coefficient (Wildman–Crippen LogP) is 4.65. The van der Waals surface area contributed by atoms with Crippen molar-refractivity contribution in [1.82, 2.24) is 15.0 Å². The average Bonchev–Trinajstić information content (AvgIpc) is 2.56.